The third-order valence-electron chi connectivity index (χ3n) is 4.29. The SMILES string of the molecule is CC1CCc2[nH]nc(C(=O)Nc3cc4cc[nH]c4cn3)c2C1. The molecule has 0 bridgehead atoms. The van der Waals surface area contributed by atoms with E-state index >= 15 is 0 Å². The summed E-state index contributed by atoms with van der Waals surface area (Å²) >= 11 is 0. The van der Waals surface area contributed by atoms with E-state index < -0.39 is 0 Å². The molecule has 0 radical (unpaired) electrons. The number of nitrogens with one attached hydrogen (secondary N) is 3. The summed E-state index contributed by atoms with van der Waals surface area (Å²) < 4.78 is 0. The van der Waals surface area contributed by atoms with Crippen molar-refractivity contribution in [3.8, 4) is 0 Å². The van der Waals surface area contributed by atoms with E-state index in [4.69, 9.17) is 0 Å². The summed E-state index contributed by atoms with van der Waals surface area (Å²) in [7, 11) is 0. The number of carbonyl (C=O) groups excluding carboxylic acids is 1. The summed E-state index contributed by atoms with van der Waals surface area (Å²) in [6, 6.07) is 3.80. The van der Waals surface area contributed by atoms with Crippen LogP contribution in [0.15, 0.2) is 24.5 Å². The molecule has 1 atom stereocenters. The maximum absolute atomic E-state index is 12.5. The van der Waals surface area contributed by atoms with Crippen LogP contribution in [0.25, 0.3) is 10.9 Å². The zero-order chi connectivity index (χ0) is 15.1. The summed E-state index contributed by atoms with van der Waals surface area (Å²) in [6.45, 7) is 2.21. The number of pyridine rings is 1. The van der Waals surface area contributed by atoms with Gasteiger partial charge in [-0.05, 0) is 37.3 Å². The quantitative estimate of drug-likeness (QED) is 0.679. The molecule has 3 N–H and O–H groups in total. The van der Waals surface area contributed by atoms with E-state index in [-0.39, 0.29) is 5.91 Å². The number of H-pyrrole nitrogens is 2. The molecule has 1 aliphatic rings. The van der Waals surface area contributed by atoms with Gasteiger partial charge < -0.3 is 10.3 Å². The number of aromatic nitrogens is 4. The van der Waals surface area contributed by atoms with Gasteiger partial charge in [-0.3, -0.25) is 9.89 Å². The fraction of sp³-hybridized carbons (Fsp3) is 0.312. The van der Waals surface area contributed by atoms with E-state index in [2.05, 4.69) is 32.4 Å². The maximum atomic E-state index is 12.5. The molecule has 22 heavy (non-hydrogen) atoms. The van der Waals surface area contributed by atoms with Crippen molar-refractivity contribution in [1.29, 1.82) is 0 Å². The van der Waals surface area contributed by atoms with Crippen LogP contribution in [-0.4, -0.2) is 26.1 Å². The normalized spacial score (nSPS) is 17.4. The van der Waals surface area contributed by atoms with Crippen molar-refractivity contribution in [2.24, 2.45) is 5.92 Å². The van der Waals surface area contributed by atoms with E-state index in [9.17, 15) is 4.79 Å². The Kier molecular flexibility index (Phi) is 2.96. The number of aryl methyl sites for hydroxylation is 1. The number of amides is 1. The van der Waals surface area contributed by atoms with Gasteiger partial charge in [0.05, 0.1) is 11.7 Å². The van der Waals surface area contributed by atoms with Crippen molar-refractivity contribution >= 4 is 22.6 Å². The summed E-state index contributed by atoms with van der Waals surface area (Å²) in [6.07, 6.45) is 6.57. The Morgan fingerprint density at radius 1 is 1.45 bits per heavy atom. The lowest BCUT2D eigenvalue weighted by atomic mass is 9.88. The minimum absolute atomic E-state index is 0.200. The molecule has 0 saturated heterocycles. The molecule has 0 saturated carbocycles. The molecule has 6 nitrogen and oxygen atoms in total. The lowest BCUT2D eigenvalue weighted by molar-refractivity contribution is 0.102. The van der Waals surface area contributed by atoms with Crippen molar-refractivity contribution in [2.75, 3.05) is 5.32 Å². The predicted molar refractivity (Wildman–Crippen MR) is 83.8 cm³/mol. The first-order chi connectivity index (χ1) is 10.7. The topological polar surface area (TPSA) is 86.5 Å². The largest absolute Gasteiger partial charge is 0.360 e. The number of rotatable bonds is 2. The van der Waals surface area contributed by atoms with Gasteiger partial charge in [0.1, 0.15) is 5.82 Å². The average molecular weight is 295 g/mol. The summed E-state index contributed by atoms with van der Waals surface area (Å²) in [5, 5.41) is 11.1. The van der Waals surface area contributed by atoms with E-state index in [1.807, 2.05) is 18.3 Å². The van der Waals surface area contributed by atoms with Crippen LogP contribution in [-0.2, 0) is 12.8 Å². The monoisotopic (exact) mass is 295 g/mol. The Balaban J connectivity index is 1.61. The molecule has 3 aromatic heterocycles. The molecular weight excluding hydrogens is 278 g/mol. The van der Waals surface area contributed by atoms with Gasteiger partial charge in [0.2, 0.25) is 0 Å². The molecule has 112 valence electrons. The second kappa shape index (κ2) is 4.98. The lowest BCUT2D eigenvalue weighted by Gasteiger charge is -2.17. The Hall–Kier alpha value is -2.63. The molecule has 0 aromatic carbocycles. The first-order valence-electron chi connectivity index (χ1n) is 7.51. The van der Waals surface area contributed by atoms with Crippen molar-refractivity contribution in [3.63, 3.8) is 0 Å². The fourth-order valence-corrected chi connectivity index (χ4v) is 3.05. The van der Waals surface area contributed by atoms with Crippen LogP contribution in [0.2, 0.25) is 0 Å². The predicted octanol–water partition coefficient (Wildman–Crippen LogP) is 2.66. The maximum Gasteiger partial charge on any atom is 0.277 e. The third kappa shape index (κ3) is 2.16. The zero-order valence-electron chi connectivity index (χ0n) is 12.3. The number of aromatic amines is 2. The van der Waals surface area contributed by atoms with Gasteiger partial charge in [-0.1, -0.05) is 6.92 Å². The molecule has 1 aliphatic carbocycles. The van der Waals surface area contributed by atoms with Crippen molar-refractivity contribution < 1.29 is 4.79 Å². The van der Waals surface area contributed by atoms with E-state index in [0.717, 1.165) is 41.4 Å². The molecule has 1 amide bonds. The Bertz CT molecular complexity index is 847. The Morgan fingerprint density at radius 3 is 3.27 bits per heavy atom. The summed E-state index contributed by atoms with van der Waals surface area (Å²) in [5.41, 5.74) is 3.60. The van der Waals surface area contributed by atoms with Crippen LogP contribution in [0.1, 0.15) is 35.1 Å². The number of anilines is 1. The number of fused-ring (bicyclic) bond motifs is 2. The molecule has 4 rings (SSSR count). The Labute approximate surface area is 127 Å². The van der Waals surface area contributed by atoms with Gasteiger partial charge in [-0.15, -0.1) is 0 Å². The molecule has 6 heteroatoms. The van der Waals surface area contributed by atoms with Crippen LogP contribution in [0.3, 0.4) is 0 Å². The molecule has 1 unspecified atom stereocenters. The van der Waals surface area contributed by atoms with Gasteiger partial charge in [-0.25, -0.2) is 4.98 Å². The van der Waals surface area contributed by atoms with Crippen LogP contribution in [0.4, 0.5) is 5.82 Å². The zero-order valence-corrected chi connectivity index (χ0v) is 12.3. The van der Waals surface area contributed by atoms with E-state index in [0.29, 0.717) is 17.4 Å². The first-order valence-corrected chi connectivity index (χ1v) is 7.51. The van der Waals surface area contributed by atoms with Gasteiger partial charge in [-0.2, -0.15) is 5.10 Å². The molecule has 0 fully saturated rings. The second-order valence-electron chi connectivity index (χ2n) is 5.97. The van der Waals surface area contributed by atoms with Gasteiger partial charge in [0, 0.05) is 22.8 Å². The Morgan fingerprint density at radius 2 is 2.36 bits per heavy atom. The smallest absolute Gasteiger partial charge is 0.277 e. The van der Waals surface area contributed by atoms with Crippen LogP contribution in [0, 0.1) is 5.92 Å². The first kappa shape index (κ1) is 13.1. The number of hydrogen-bond acceptors (Lipinski definition) is 3. The van der Waals surface area contributed by atoms with Gasteiger partial charge in [0.15, 0.2) is 5.69 Å². The van der Waals surface area contributed by atoms with Crippen LogP contribution >= 0.6 is 0 Å². The lowest BCUT2D eigenvalue weighted by Crippen LogP contribution is -2.18. The molecule has 0 aliphatic heterocycles. The minimum Gasteiger partial charge on any atom is -0.360 e. The average Bonchev–Trinajstić information content (AvgIpc) is 3.12. The highest BCUT2D eigenvalue weighted by Gasteiger charge is 2.24. The summed E-state index contributed by atoms with van der Waals surface area (Å²) in [5.74, 6) is 0.928. The van der Waals surface area contributed by atoms with Crippen LogP contribution < -0.4 is 5.32 Å². The van der Waals surface area contributed by atoms with E-state index in [1.54, 1.807) is 6.20 Å². The third-order valence-corrected chi connectivity index (χ3v) is 4.29. The standard InChI is InChI=1S/C16H17N5O/c1-9-2-3-12-11(6-9)15(21-20-12)16(22)19-14-7-10-4-5-17-13(10)8-18-14/h4-5,7-9,17H,2-3,6H2,1H3,(H,20,21)(H,18,19,22). The summed E-state index contributed by atoms with van der Waals surface area (Å²) in [4.78, 5) is 19.8. The highest BCUT2D eigenvalue weighted by atomic mass is 16.2. The van der Waals surface area contributed by atoms with Crippen molar-refractivity contribution in [2.45, 2.75) is 26.2 Å². The number of nitrogens with zero attached hydrogens (tertiary/aromatic N) is 2. The number of carbonyl (C=O) groups is 1. The molecular formula is C16H17N5O. The molecule has 0 spiro atoms. The second-order valence-corrected chi connectivity index (χ2v) is 5.97. The van der Waals surface area contributed by atoms with Crippen molar-refractivity contribution in [3.05, 3.63) is 41.5 Å². The molecule has 3 aromatic rings. The fourth-order valence-electron chi connectivity index (χ4n) is 3.05. The van der Waals surface area contributed by atoms with Gasteiger partial charge in [0.25, 0.3) is 5.91 Å². The molecule has 3 heterocycles. The van der Waals surface area contributed by atoms with Crippen LogP contribution in [0.5, 0.6) is 0 Å². The number of hydrogen-bond donors (Lipinski definition) is 3. The van der Waals surface area contributed by atoms with E-state index in [1.165, 1.54) is 0 Å². The highest BCUT2D eigenvalue weighted by molar-refractivity contribution is 6.04. The highest BCUT2D eigenvalue weighted by Crippen LogP contribution is 2.26. The van der Waals surface area contributed by atoms with Crippen molar-refractivity contribution in [1.82, 2.24) is 20.2 Å². The van der Waals surface area contributed by atoms with Gasteiger partial charge >= 0.3 is 0 Å². The minimum atomic E-state index is -0.200.